The van der Waals surface area contributed by atoms with Crippen LogP contribution in [0.4, 0.5) is 0 Å². The molecule has 0 unspecified atom stereocenters. The lowest BCUT2D eigenvalue weighted by Crippen LogP contribution is -2.63. The molecule has 2 rings (SSSR count). The van der Waals surface area contributed by atoms with E-state index in [2.05, 4.69) is 46.4 Å². The van der Waals surface area contributed by atoms with E-state index in [0.717, 1.165) is 5.56 Å². The molecule has 4 atom stereocenters. The molecule has 1 aliphatic heterocycles. The molecule has 1 fully saturated rings. The highest BCUT2D eigenvalue weighted by atomic mass is 28.4. The van der Waals surface area contributed by atoms with Gasteiger partial charge < -0.3 is 19.7 Å². The molecule has 0 aliphatic carbocycles. The van der Waals surface area contributed by atoms with Gasteiger partial charge in [-0.25, -0.2) is 0 Å². The molecular formula is C22H39NO4Si. The number of rotatable bonds is 8. The summed E-state index contributed by atoms with van der Waals surface area (Å²) in [5.41, 5.74) is 2.47. The quantitative estimate of drug-likeness (QED) is 0.575. The molecule has 0 aromatic heterocycles. The van der Waals surface area contributed by atoms with E-state index in [0.29, 0.717) is 36.3 Å². The lowest BCUT2D eigenvalue weighted by atomic mass is 9.94. The summed E-state index contributed by atoms with van der Waals surface area (Å²) in [7, 11) is -2.08. The summed E-state index contributed by atoms with van der Waals surface area (Å²) in [4.78, 5) is 2.05. The van der Waals surface area contributed by atoms with E-state index < -0.39 is 26.6 Å². The third kappa shape index (κ3) is 4.86. The Morgan fingerprint density at radius 1 is 0.929 bits per heavy atom. The minimum Gasteiger partial charge on any atom is -0.414 e. The topological polar surface area (TPSA) is 73.2 Å². The molecule has 28 heavy (non-hydrogen) atoms. The summed E-state index contributed by atoms with van der Waals surface area (Å²) in [6.07, 6.45) is -3.14. The van der Waals surface area contributed by atoms with Gasteiger partial charge in [-0.15, -0.1) is 0 Å². The van der Waals surface area contributed by atoms with Crippen LogP contribution < -0.4 is 0 Å². The molecule has 0 saturated carbocycles. The molecule has 1 aromatic carbocycles. The fourth-order valence-corrected chi connectivity index (χ4v) is 10.5. The maximum atomic E-state index is 10.8. The average Bonchev–Trinajstić information content (AvgIpc) is 2.62. The van der Waals surface area contributed by atoms with Crippen LogP contribution in [0.1, 0.15) is 47.1 Å². The summed E-state index contributed by atoms with van der Waals surface area (Å²) >= 11 is 0. The summed E-state index contributed by atoms with van der Waals surface area (Å²) in [5.74, 6) is 0. The molecule has 160 valence electrons. The first-order valence-corrected chi connectivity index (χ1v) is 12.7. The maximum absolute atomic E-state index is 10.8. The Hall–Kier alpha value is -0.763. The van der Waals surface area contributed by atoms with Gasteiger partial charge >= 0.3 is 0 Å². The first-order valence-electron chi connectivity index (χ1n) is 10.6. The van der Waals surface area contributed by atoms with E-state index in [9.17, 15) is 15.3 Å². The van der Waals surface area contributed by atoms with Crippen molar-refractivity contribution in [2.45, 2.75) is 89.1 Å². The van der Waals surface area contributed by atoms with Crippen molar-refractivity contribution in [1.82, 2.24) is 4.90 Å². The van der Waals surface area contributed by atoms with Gasteiger partial charge in [0.2, 0.25) is 0 Å². The Balaban J connectivity index is 2.24. The Morgan fingerprint density at radius 2 is 1.46 bits per heavy atom. The zero-order valence-corrected chi connectivity index (χ0v) is 19.2. The van der Waals surface area contributed by atoms with Crippen LogP contribution in [-0.4, -0.2) is 66.0 Å². The molecule has 1 saturated heterocycles. The normalized spacial score (nSPS) is 27.1. The van der Waals surface area contributed by atoms with Crippen molar-refractivity contribution in [2.24, 2.45) is 0 Å². The maximum Gasteiger partial charge on any atom is 0.200 e. The Labute approximate surface area is 171 Å². The Bertz CT molecular complexity index is 574. The van der Waals surface area contributed by atoms with Gasteiger partial charge in [0, 0.05) is 13.1 Å². The van der Waals surface area contributed by atoms with Crippen LogP contribution in [0.2, 0.25) is 16.6 Å². The van der Waals surface area contributed by atoms with E-state index in [-0.39, 0.29) is 6.04 Å². The Kier molecular flexibility index (Phi) is 8.25. The first kappa shape index (κ1) is 23.5. The van der Waals surface area contributed by atoms with Crippen molar-refractivity contribution in [3.05, 3.63) is 35.9 Å². The summed E-state index contributed by atoms with van der Waals surface area (Å²) < 4.78 is 6.72. The van der Waals surface area contributed by atoms with Crippen LogP contribution in [0.3, 0.4) is 0 Å². The number of likely N-dealkylation sites (tertiary alicyclic amines) is 1. The van der Waals surface area contributed by atoms with Crippen LogP contribution in [0, 0.1) is 0 Å². The second kappa shape index (κ2) is 9.83. The average molecular weight is 410 g/mol. The van der Waals surface area contributed by atoms with Gasteiger partial charge in [-0.05, 0) is 22.2 Å². The van der Waals surface area contributed by atoms with Crippen molar-refractivity contribution in [2.75, 3.05) is 13.2 Å². The molecule has 3 N–H and O–H groups in total. The highest BCUT2D eigenvalue weighted by Gasteiger charge is 2.48. The molecule has 0 radical (unpaired) electrons. The number of benzene rings is 1. The number of β-amino-alcohol motifs (C(OH)–C–C–N with tert-alkyl or cyclic N) is 1. The standard InChI is InChI=1S/C22H39NO4Si/c1-15(2)28(16(3)4,17(5)6)27-14-19-21(25)22(26)20(24)13-23(19)12-18-10-8-7-9-11-18/h7-11,15-17,19-22,24-26H,12-14H2,1-6H3/t19-,20+,21-,22-/m1/s1. The highest BCUT2D eigenvalue weighted by molar-refractivity contribution is 6.77. The number of aliphatic hydroxyl groups excluding tert-OH is 3. The van der Waals surface area contributed by atoms with Crippen LogP contribution in [-0.2, 0) is 11.0 Å². The highest BCUT2D eigenvalue weighted by Crippen LogP contribution is 2.42. The Morgan fingerprint density at radius 3 is 1.96 bits per heavy atom. The number of nitrogens with zero attached hydrogens (tertiary/aromatic N) is 1. The lowest BCUT2D eigenvalue weighted by Gasteiger charge is -2.47. The fraction of sp³-hybridized carbons (Fsp3) is 0.727. The molecule has 6 heteroatoms. The van der Waals surface area contributed by atoms with Gasteiger partial charge in [0.05, 0.1) is 18.8 Å². The SMILES string of the molecule is CC(C)[Si](OC[C@@H]1[C@@H](O)[C@H](O)[C@@H](O)CN1Cc1ccccc1)(C(C)C)C(C)C. The number of hydrogen-bond acceptors (Lipinski definition) is 5. The van der Waals surface area contributed by atoms with Crippen LogP contribution >= 0.6 is 0 Å². The summed E-state index contributed by atoms with van der Waals surface area (Å²) in [5, 5.41) is 31.3. The smallest absolute Gasteiger partial charge is 0.200 e. The van der Waals surface area contributed by atoms with Crippen molar-refractivity contribution in [3.63, 3.8) is 0 Å². The molecule has 1 aliphatic rings. The van der Waals surface area contributed by atoms with Crippen LogP contribution in [0.25, 0.3) is 0 Å². The van der Waals surface area contributed by atoms with E-state index in [1.807, 2.05) is 30.3 Å². The van der Waals surface area contributed by atoms with Gasteiger partial charge in [-0.1, -0.05) is 71.9 Å². The van der Waals surface area contributed by atoms with Crippen molar-refractivity contribution in [3.8, 4) is 0 Å². The van der Waals surface area contributed by atoms with Crippen molar-refractivity contribution >= 4 is 8.32 Å². The van der Waals surface area contributed by atoms with Crippen LogP contribution in [0.15, 0.2) is 30.3 Å². The zero-order chi connectivity index (χ0) is 21.1. The number of piperidine rings is 1. The zero-order valence-electron chi connectivity index (χ0n) is 18.2. The first-order chi connectivity index (χ1) is 13.1. The predicted molar refractivity (Wildman–Crippen MR) is 116 cm³/mol. The molecule has 1 heterocycles. The summed E-state index contributed by atoms with van der Waals surface area (Å²) in [6.45, 7) is 14.7. The molecule has 0 bridgehead atoms. The van der Waals surface area contributed by atoms with Crippen molar-refractivity contribution in [1.29, 1.82) is 0 Å². The molecule has 0 spiro atoms. The van der Waals surface area contributed by atoms with Gasteiger partial charge in [0.15, 0.2) is 8.32 Å². The van der Waals surface area contributed by atoms with E-state index in [4.69, 9.17) is 4.43 Å². The van der Waals surface area contributed by atoms with E-state index in [1.54, 1.807) is 0 Å². The van der Waals surface area contributed by atoms with Crippen LogP contribution in [0.5, 0.6) is 0 Å². The monoisotopic (exact) mass is 409 g/mol. The minimum absolute atomic E-state index is 0.320. The van der Waals surface area contributed by atoms with Gasteiger partial charge in [0.25, 0.3) is 0 Å². The van der Waals surface area contributed by atoms with Gasteiger partial charge in [-0.2, -0.15) is 0 Å². The fourth-order valence-electron chi connectivity index (χ4n) is 5.09. The molecule has 1 aromatic rings. The number of hydrogen-bond donors (Lipinski definition) is 3. The van der Waals surface area contributed by atoms with Crippen molar-refractivity contribution < 1.29 is 19.7 Å². The minimum atomic E-state index is -2.08. The van der Waals surface area contributed by atoms with E-state index in [1.165, 1.54) is 0 Å². The van der Waals surface area contributed by atoms with Gasteiger partial charge in [-0.3, -0.25) is 4.90 Å². The van der Waals surface area contributed by atoms with E-state index >= 15 is 0 Å². The second-order valence-corrected chi connectivity index (χ2v) is 14.6. The largest absolute Gasteiger partial charge is 0.414 e. The lowest BCUT2D eigenvalue weighted by molar-refractivity contribution is -0.146. The third-order valence-electron chi connectivity index (χ3n) is 6.47. The molecule has 5 nitrogen and oxygen atoms in total. The van der Waals surface area contributed by atoms with Gasteiger partial charge in [0.1, 0.15) is 12.2 Å². The summed E-state index contributed by atoms with van der Waals surface area (Å²) in [6, 6.07) is 9.68. The predicted octanol–water partition coefficient (Wildman–Crippen LogP) is 3.15. The molecular weight excluding hydrogens is 370 g/mol. The third-order valence-corrected chi connectivity index (χ3v) is 12.5. The second-order valence-electron chi connectivity index (χ2n) is 9.16. The number of aliphatic hydroxyl groups is 3. The molecule has 0 amide bonds.